The third-order valence-electron chi connectivity index (χ3n) is 5.76. The zero-order chi connectivity index (χ0) is 21.2. The van der Waals surface area contributed by atoms with Crippen LogP contribution in [-0.4, -0.2) is 11.2 Å². The second-order valence-corrected chi connectivity index (χ2v) is 7.89. The lowest BCUT2D eigenvalue weighted by Crippen LogP contribution is -2.20. The van der Waals surface area contributed by atoms with Crippen LogP contribution in [0.3, 0.4) is 0 Å². The quantitative estimate of drug-likeness (QED) is 0.336. The van der Waals surface area contributed by atoms with Crippen molar-refractivity contribution in [1.82, 2.24) is 0 Å². The van der Waals surface area contributed by atoms with Gasteiger partial charge in [0.05, 0.1) is 6.10 Å². The Labute approximate surface area is 182 Å². The summed E-state index contributed by atoms with van der Waals surface area (Å²) in [7, 11) is 0. The first-order valence-corrected chi connectivity index (χ1v) is 10.6. The largest absolute Gasteiger partial charge is 0.457 e. The molecule has 2 heterocycles. The molecule has 0 spiro atoms. The third kappa shape index (κ3) is 3.80. The predicted octanol–water partition coefficient (Wildman–Crippen LogP) is 6.69. The fourth-order valence-electron chi connectivity index (χ4n) is 4.29. The van der Waals surface area contributed by atoms with E-state index in [1.165, 1.54) is 11.1 Å². The Balaban J connectivity index is 0.000000134. The van der Waals surface area contributed by atoms with Crippen LogP contribution in [0.1, 0.15) is 35.1 Å². The predicted molar refractivity (Wildman–Crippen MR) is 122 cm³/mol. The Bertz CT molecular complexity index is 1080. The minimum absolute atomic E-state index is 0.00356. The summed E-state index contributed by atoms with van der Waals surface area (Å²) >= 11 is 0. The highest BCUT2D eigenvalue weighted by Crippen LogP contribution is 2.45. The highest BCUT2D eigenvalue weighted by Gasteiger charge is 2.29. The Morgan fingerprint density at radius 3 is 1.48 bits per heavy atom. The molecule has 31 heavy (non-hydrogen) atoms. The van der Waals surface area contributed by atoms with Gasteiger partial charge < -0.3 is 14.6 Å². The molecule has 0 saturated heterocycles. The molecule has 3 heteroatoms. The van der Waals surface area contributed by atoms with Crippen molar-refractivity contribution < 1.29 is 14.6 Å². The van der Waals surface area contributed by atoms with Gasteiger partial charge >= 0.3 is 0 Å². The summed E-state index contributed by atoms with van der Waals surface area (Å²) in [6.45, 7) is 1.82. The molecule has 0 radical (unpaired) electrons. The van der Waals surface area contributed by atoms with Crippen molar-refractivity contribution >= 4 is 0 Å². The van der Waals surface area contributed by atoms with Crippen LogP contribution in [-0.2, 0) is 6.42 Å². The van der Waals surface area contributed by atoms with Crippen molar-refractivity contribution in [3.63, 3.8) is 0 Å². The van der Waals surface area contributed by atoms with Gasteiger partial charge in [-0.2, -0.15) is 0 Å². The Kier molecular flexibility index (Phi) is 5.19. The van der Waals surface area contributed by atoms with Crippen molar-refractivity contribution in [2.24, 2.45) is 0 Å². The van der Waals surface area contributed by atoms with E-state index in [9.17, 15) is 5.11 Å². The van der Waals surface area contributed by atoms with Crippen LogP contribution in [0, 0.1) is 0 Å². The van der Waals surface area contributed by atoms with Gasteiger partial charge in [0.2, 0.25) is 0 Å². The van der Waals surface area contributed by atoms with E-state index in [2.05, 4.69) is 24.3 Å². The fourth-order valence-corrected chi connectivity index (χ4v) is 4.29. The molecule has 0 amide bonds. The molecule has 0 bridgehead atoms. The molecule has 1 atom stereocenters. The minimum atomic E-state index is -0.429. The number of benzene rings is 4. The molecule has 154 valence electrons. The van der Waals surface area contributed by atoms with Gasteiger partial charge in [-0.25, -0.2) is 0 Å². The van der Waals surface area contributed by atoms with Gasteiger partial charge in [-0.3, -0.25) is 0 Å². The Morgan fingerprint density at radius 2 is 1.00 bits per heavy atom. The number of para-hydroxylation sites is 4. The van der Waals surface area contributed by atoms with Crippen molar-refractivity contribution in [3.05, 3.63) is 119 Å². The number of hydrogen-bond donors (Lipinski definition) is 1. The molecular formula is C28H24O3. The molecule has 1 unspecified atom stereocenters. The first-order chi connectivity index (χ1) is 15.2. The SMILES string of the molecule is CC(O)C1c2ccccc2Oc2ccccc21.c1ccc2c(c1)Cc1ccccc1O2. The molecule has 4 aromatic carbocycles. The number of aliphatic hydroxyl groups is 1. The van der Waals surface area contributed by atoms with Crippen LogP contribution < -0.4 is 9.47 Å². The fraction of sp³-hybridized carbons (Fsp3) is 0.143. The number of ether oxygens (including phenoxy) is 2. The van der Waals surface area contributed by atoms with E-state index in [4.69, 9.17) is 9.47 Å². The van der Waals surface area contributed by atoms with Crippen molar-refractivity contribution in [1.29, 1.82) is 0 Å². The number of aliphatic hydroxyl groups excluding tert-OH is 1. The molecule has 0 aliphatic carbocycles. The lowest BCUT2D eigenvalue weighted by molar-refractivity contribution is 0.171. The first-order valence-electron chi connectivity index (χ1n) is 10.6. The summed E-state index contributed by atoms with van der Waals surface area (Å²) < 4.78 is 11.6. The third-order valence-corrected chi connectivity index (χ3v) is 5.76. The summed E-state index contributed by atoms with van der Waals surface area (Å²) in [5.74, 6) is 3.67. The van der Waals surface area contributed by atoms with E-state index in [1.807, 2.05) is 79.7 Å². The molecule has 4 aromatic rings. The van der Waals surface area contributed by atoms with Gasteiger partial charge in [0, 0.05) is 23.5 Å². The standard InChI is InChI=1S/C15H14O2.C13H10O/c1-10(16)15-11-6-2-4-8-13(11)17-14-9-5-3-7-12(14)15;1-3-7-12-10(5-1)9-11-6-2-4-8-13(11)14-12/h2-10,15-16H,1H3;1-8H,9H2. The average molecular weight is 408 g/mol. The summed E-state index contributed by atoms with van der Waals surface area (Å²) in [5, 5.41) is 10.0. The van der Waals surface area contributed by atoms with Gasteiger partial charge in [-0.15, -0.1) is 0 Å². The Hall–Kier alpha value is -3.56. The zero-order valence-corrected chi connectivity index (χ0v) is 17.4. The summed E-state index contributed by atoms with van der Waals surface area (Å²) in [5.41, 5.74) is 4.65. The maximum absolute atomic E-state index is 10.0. The molecule has 2 aliphatic rings. The highest BCUT2D eigenvalue weighted by molar-refractivity contribution is 5.54. The average Bonchev–Trinajstić information content (AvgIpc) is 2.81. The summed E-state index contributed by atoms with van der Waals surface area (Å²) in [6.07, 6.45) is 0.549. The Morgan fingerprint density at radius 1 is 0.613 bits per heavy atom. The van der Waals surface area contributed by atoms with Crippen molar-refractivity contribution in [2.45, 2.75) is 25.4 Å². The van der Waals surface area contributed by atoms with E-state index in [1.54, 1.807) is 0 Å². The van der Waals surface area contributed by atoms with Crippen LogP contribution in [0.2, 0.25) is 0 Å². The van der Waals surface area contributed by atoms with Gasteiger partial charge in [-0.05, 0) is 42.3 Å². The van der Waals surface area contributed by atoms with E-state index in [0.717, 1.165) is 40.5 Å². The molecule has 6 rings (SSSR count). The normalized spacial score (nSPS) is 14.3. The van der Waals surface area contributed by atoms with Crippen LogP contribution >= 0.6 is 0 Å². The van der Waals surface area contributed by atoms with Crippen LogP contribution in [0.15, 0.2) is 97.1 Å². The molecule has 3 nitrogen and oxygen atoms in total. The molecule has 2 aliphatic heterocycles. The number of hydrogen-bond acceptors (Lipinski definition) is 3. The molecule has 0 saturated carbocycles. The van der Waals surface area contributed by atoms with E-state index in [-0.39, 0.29) is 5.92 Å². The topological polar surface area (TPSA) is 38.7 Å². The van der Waals surface area contributed by atoms with Crippen LogP contribution in [0.4, 0.5) is 0 Å². The highest BCUT2D eigenvalue weighted by atomic mass is 16.5. The van der Waals surface area contributed by atoms with Gasteiger partial charge in [0.1, 0.15) is 23.0 Å². The van der Waals surface area contributed by atoms with Crippen molar-refractivity contribution in [3.8, 4) is 23.0 Å². The monoisotopic (exact) mass is 408 g/mol. The first kappa shape index (κ1) is 19.4. The van der Waals surface area contributed by atoms with E-state index >= 15 is 0 Å². The molecular weight excluding hydrogens is 384 g/mol. The molecule has 1 N–H and O–H groups in total. The maximum atomic E-state index is 10.0. The van der Waals surface area contributed by atoms with Gasteiger partial charge in [0.25, 0.3) is 0 Å². The minimum Gasteiger partial charge on any atom is -0.457 e. The zero-order valence-electron chi connectivity index (χ0n) is 17.4. The van der Waals surface area contributed by atoms with Crippen LogP contribution in [0.25, 0.3) is 0 Å². The van der Waals surface area contributed by atoms with E-state index in [0.29, 0.717) is 0 Å². The van der Waals surface area contributed by atoms with E-state index < -0.39 is 6.10 Å². The number of fused-ring (bicyclic) bond motifs is 4. The molecule has 0 fully saturated rings. The smallest absolute Gasteiger partial charge is 0.131 e. The van der Waals surface area contributed by atoms with Crippen LogP contribution in [0.5, 0.6) is 23.0 Å². The van der Waals surface area contributed by atoms with Crippen molar-refractivity contribution in [2.75, 3.05) is 0 Å². The summed E-state index contributed by atoms with van der Waals surface area (Å²) in [6, 6.07) is 32.2. The second-order valence-electron chi connectivity index (χ2n) is 7.89. The second kappa shape index (κ2) is 8.29. The van der Waals surface area contributed by atoms with Gasteiger partial charge in [0.15, 0.2) is 0 Å². The lowest BCUT2D eigenvalue weighted by atomic mass is 9.84. The molecule has 0 aromatic heterocycles. The maximum Gasteiger partial charge on any atom is 0.131 e. The summed E-state index contributed by atoms with van der Waals surface area (Å²) in [4.78, 5) is 0. The lowest BCUT2D eigenvalue weighted by Gasteiger charge is -2.29. The number of rotatable bonds is 1. The van der Waals surface area contributed by atoms with Gasteiger partial charge in [-0.1, -0.05) is 72.8 Å².